The zero-order valence-corrected chi connectivity index (χ0v) is 46.7. The van der Waals surface area contributed by atoms with Crippen molar-refractivity contribution in [2.24, 2.45) is 32.9 Å². The number of ether oxygens (including phenoxy) is 3. The highest BCUT2D eigenvalue weighted by atomic mass is 35.5. The molecule has 3 saturated heterocycles. The van der Waals surface area contributed by atoms with Crippen molar-refractivity contribution in [3.63, 3.8) is 0 Å². The highest BCUT2D eigenvalue weighted by Crippen LogP contribution is 2.35. The zero-order valence-electron chi connectivity index (χ0n) is 41.2. The Hall–Kier alpha value is -5.33. The number of carboxylic acid groups (broad SMARTS) is 1. The molecular weight excluding hydrogens is 1150 g/mol. The van der Waals surface area contributed by atoms with Gasteiger partial charge in [0.25, 0.3) is 0 Å². The Kier molecular flexibility index (Phi) is 18.5. The van der Waals surface area contributed by atoms with Gasteiger partial charge in [-0.05, 0) is 75.9 Å². The smallest absolute Gasteiger partial charge is 0.325 e. The molecule has 414 valence electrons. The maximum Gasteiger partial charge on any atom is 0.325 e. The van der Waals surface area contributed by atoms with Gasteiger partial charge in [0.2, 0.25) is 30.1 Å². The average molecular weight is 1200 g/mol. The van der Waals surface area contributed by atoms with E-state index in [0.29, 0.717) is 94.5 Å². The minimum atomic E-state index is -4.18. The lowest BCUT2D eigenvalue weighted by Gasteiger charge is -2.34. The van der Waals surface area contributed by atoms with Crippen LogP contribution in [-0.4, -0.2) is 119 Å². The Bertz CT molecular complexity index is 3630. The van der Waals surface area contributed by atoms with Crippen molar-refractivity contribution < 1.29 is 49.4 Å². The third-order valence-corrected chi connectivity index (χ3v) is 18.8. The van der Waals surface area contributed by atoms with Crippen LogP contribution in [0.3, 0.4) is 0 Å². The SMILES string of the molecule is CC1(NS(=O)(=O)c2ccc3c(Cl)cnc(Cl)c3c2)CCOCC1.CC1(NS(=O)(=O)c2ccc3c(Cl)cnc(N=C(N)N)c3c2)CCOCC1.NC(N)=Nc1ncc(Cl)c2ccc(S(=O)(=O)NC3(C(=O)O)CCOCC3)cc12. The van der Waals surface area contributed by atoms with Crippen molar-refractivity contribution >= 4 is 138 Å². The number of pyridine rings is 3. The number of nitrogens with zero attached hydrogens (tertiary/aromatic N) is 5. The summed E-state index contributed by atoms with van der Waals surface area (Å²) in [5.74, 6) is -1.39. The largest absolute Gasteiger partial charge is 0.480 e. The van der Waals surface area contributed by atoms with Gasteiger partial charge in [0.15, 0.2) is 23.6 Å². The van der Waals surface area contributed by atoms with E-state index in [1.54, 1.807) is 12.1 Å². The van der Waals surface area contributed by atoms with E-state index in [1.165, 1.54) is 61.1 Å². The van der Waals surface area contributed by atoms with Gasteiger partial charge in [-0.15, -0.1) is 0 Å². The van der Waals surface area contributed by atoms with Gasteiger partial charge in [0, 0.05) is 114 Å². The average Bonchev–Trinajstić information content (AvgIpc) is 3.37. The molecule has 12 N–H and O–H groups in total. The molecule has 30 heteroatoms. The number of hydrogen-bond acceptors (Lipinski definition) is 15. The molecule has 6 heterocycles. The number of rotatable bonds is 12. The molecule has 0 radical (unpaired) electrons. The van der Waals surface area contributed by atoms with E-state index in [-0.39, 0.29) is 74.5 Å². The maximum atomic E-state index is 12.9. The second-order valence-corrected chi connectivity index (χ2v) is 25.2. The van der Waals surface area contributed by atoms with Crippen LogP contribution in [0, 0.1) is 0 Å². The third-order valence-electron chi connectivity index (χ3n) is 12.8. The van der Waals surface area contributed by atoms with E-state index < -0.39 is 52.7 Å². The first-order valence-electron chi connectivity index (χ1n) is 23.3. The van der Waals surface area contributed by atoms with Crippen LogP contribution in [0.1, 0.15) is 52.4 Å². The van der Waals surface area contributed by atoms with Gasteiger partial charge < -0.3 is 42.3 Å². The Balaban J connectivity index is 0.000000169. The molecular formula is C47H54Cl4N12O11S3. The number of aliphatic imine (C=N–C) groups is 2. The molecule has 0 atom stereocenters. The monoisotopic (exact) mass is 1200 g/mol. The molecule has 23 nitrogen and oxygen atoms in total. The maximum absolute atomic E-state index is 12.9. The summed E-state index contributed by atoms with van der Waals surface area (Å²) in [4.78, 5) is 31.7. The molecule has 9 rings (SSSR count). The lowest BCUT2D eigenvalue weighted by molar-refractivity contribution is -0.147. The van der Waals surface area contributed by atoms with E-state index in [0.717, 1.165) is 0 Å². The summed E-state index contributed by atoms with van der Waals surface area (Å²) in [6, 6.07) is 13.4. The van der Waals surface area contributed by atoms with Gasteiger partial charge in [0.05, 0.1) is 29.8 Å². The van der Waals surface area contributed by atoms with Gasteiger partial charge in [-0.25, -0.2) is 49.6 Å². The molecule has 0 aliphatic carbocycles. The van der Waals surface area contributed by atoms with Crippen molar-refractivity contribution in [2.45, 2.75) is 83.7 Å². The molecule has 3 fully saturated rings. The number of aromatic nitrogens is 3. The lowest BCUT2D eigenvalue weighted by atomic mass is 9.92. The molecule has 0 unspecified atom stereocenters. The number of sulfonamides is 3. The molecule has 77 heavy (non-hydrogen) atoms. The number of halogens is 4. The quantitative estimate of drug-likeness (QED) is 0.0411. The number of aliphatic carboxylic acids is 1. The number of hydrogen-bond donors (Lipinski definition) is 8. The van der Waals surface area contributed by atoms with Crippen LogP contribution in [0.15, 0.2) is 97.9 Å². The number of benzene rings is 3. The molecule has 0 spiro atoms. The number of guanidine groups is 2. The van der Waals surface area contributed by atoms with Crippen LogP contribution in [0.25, 0.3) is 32.3 Å². The standard InChI is InChI=1S/C16H18ClN5O5S.C16H20ClN5O3S.C15H16Cl2N2O3S/c17-12-8-20-13(21-15(18)19)11-7-9(1-2-10(11)12)28(25,26)22-16(14(23)24)3-5-27-6-4-16;1-16(4-6-25-7-5-16)22-26(23,24)10-2-3-11-12(8-10)14(21-15(18)19)20-9-13(11)17;1-15(4-6-22-7-5-15)19-23(20,21)10-2-3-11-12(8-10)14(17)18-9-13(11)16/h1-2,7-8,22H,3-6H2,(H,23,24)(H4,18,19,20,21);2-3,8-9,22H,4-7H2,1H3,(H4,18,19,20,21);2-3,8-9,19H,4-7H2,1H3. The molecule has 3 aromatic carbocycles. The second kappa shape index (κ2) is 24.0. The van der Waals surface area contributed by atoms with Crippen molar-refractivity contribution in [3.05, 3.63) is 93.4 Å². The van der Waals surface area contributed by atoms with Gasteiger partial charge in [0.1, 0.15) is 10.7 Å². The first kappa shape index (κ1) is 59.3. The van der Waals surface area contributed by atoms with E-state index >= 15 is 0 Å². The van der Waals surface area contributed by atoms with Crippen LogP contribution < -0.4 is 37.1 Å². The highest BCUT2D eigenvalue weighted by molar-refractivity contribution is 7.90. The Morgan fingerprint density at radius 1 is 0.519 bits per heavy atom. The Labute approximate surface area is 463 Å². The number of carboxylic acids is 1. The number of carbonyl (C=O) groups is 1. The lowest BCUT2D eigenvalue weighted by Crippen LogP contribution is -2.57. The van der Waals surface area contributed by atoms with E-state index in [2.05, 4.69) is 39.1 Å². The molecule has 0 saturated carbocycles. The molecule has 3 aromatic heterocycles. The Morgan fingerprint density at radius 3 is 1.21 bits per heavy atom. The van der Waals surface area contributed by atoms with E-state index in [4.69, 9.17) is 83.5 Å². The summed E-state index contributed by atoms with van der Waals surface area (Å²) in [6.45, 7) is 6.17. The number of fused-ring (bicyclic) bond motifs is 3. The number of nitrogens with one attached hydrogen (secondary N) is 3. The minimum absolute atomic E-state index is 0.0157. The summed E-state index contributed by atoms with van der Waals surface area (Å²) < 4.78 is 101. The topological polar surface area (TPSA) is 371 Å². The summed E-state index contributed by atoms with van der Waals surface area (Å²) in [6.07, 6.45) is 6.72. The minimum Gasteiger partial charge on any atom is -0.480 e. The molecule has 3 aliphatic rings. The van der Waals surface area contributed by atoms with Crippen LogP contribution in [0.5, 0.6) is 0 Å². The predicted molar refractivity (Wildman–Crippen MR) is 295 cm³/mol. The van der Waals surface area contributed by atoms with Crippen molar-refractivity contribution in [2.75, 3.05) is 39.6 Å². The zero-order chi connectivity index (χ0) is 56.1. The van der Waals surface area contributed by atoms with Gasteiger partial charge in [-0.2, -0.15) is 14.7 Å². The molecule has 6 aromatic rings. The van der Waals surface area contributed by atoms with Crippen molar-refractivity contribution in [1.29, 1.82) is 0 Å². The van der Waals surface area contributed by atoms with Gasteiger partial charge in [-0.3, -0.25) is 4.79 Å². The van der Waals surface area contributed by atoms with Crippen LogP contribution in [0.4, 0.5) is 11.6 Å². The first-order chi connectivity index (χ1) is 36.2. The van der Waals surface area contributed by atoms with E-state index in [9.17, 15) is 35.2 Å². The summed E-state index contributed by atoms with van der Waals surface area (Å²) in [5.41, 5.74) is 19.0. The fourth-order valence-corrected chi connectivity index (χ4v) is 13.7. The third kappa shape index (κ3) is 14.3. The number of nitrogens with two attached hydrogens (primary N) is 4. The summed E-state index contributed by atoms with van der Waals surface area (Å²) in [7, 11) is -11.6. The van der Waals surface area contributed by atoms with Crippen LogP contribution in [-0.2, 0) is 49.1 Å². The predicted octanol–water partition coefficient (Wildman–Crippen LogP) is 5.73. The van der Waals surface area contributed by atoms with Crippen molar-refractivity contribution in [3.8, 4) is 0 Å². The molecule has 0 bridgehead atoms. The van der Waals surface area contributed by atoms with Crippen LogP contribution >= 0.6 is 46.4 Å². The van der Waals surface area contributed by atoms with E-state index in [1.807, 2.05) is 13.8 Å². The van der Waals surface area contributed by atoms with Crippen LogP contribution in [0.2, 0.25) is 20.2 Å². The van der Waals surface area contributed by atoms with Gasteiger partial charge in [-0.1, -0.05) is 64.6 Å². The fraction of sp³-hybridized carbons (Fsp3) is 0.362. The van der Waals surface area contributed by atoms with Gasteiger partial charge >= 0.3 is 5.97 Å². The highest BCUT2D eigenvalue weighted by Gasteiger charge is 2.44. The first-order valence-corrected chi connectivity index (χ1v) is 29.3. The summed E-state index contributed by atoms with van der Waals surface area (Å²) >= 11 is 24.4. The second-order valence-electron chi connectivity index (χ2n) is 18.6. The summed E-state index contributed by atoms with van der Waals surface area (Å²) in [5, 5.41) is 13.9. The molecule has 0 amide bonds. The fourth-order valence-electron chi connectivity index (χ4n) is 8.44. The van der Waals surface area contributed by atoms with Crippen molar-refractivity contribution in [1.82, 2.24) is 29.1 Å². The Morgan fingerprint density at radius 2 is 0.844 bits per heavy atom. The molecule has 3 aliphatic heterocycles. The normalized spacial score (nSPS) is 17.3.